The van der Waals surface area contributed by atoms with E-state index in [1.807, 2.05) is 63.2 Å². The third kappa shape index (κ3) is 4.86. The number of nitrogens with zero attached hydrogens (tertiary/aromatic N) is 4. The predicted octanol–water partition coefficient (Wildman–Crippen LogP) is 3.66. The summed E-state index contributed by atoms with van der Waals surface area (Å²) in [6.45, 7) is 7.91. The van der Waals surface area contributed by atoms with Crippen LogP contribution in [0.15, 0.2) is 59.5 Å². The number of aromatic nitrogens is 2. The van der Waals surface area contributed by atoms with Crippen LogP contribution < -0.4 is 10.2 Å². The Morgan fingerprint density at radius 3 is 2.00 bits per heavy atom. The molecule has 2 aromatic carbocycles. The molecule has 3 aromatic rings. The van der Waals surface area contributed by atoms with Crippen LogP contribution in [0.5, 0.6) is 0 Å². The second kappa shape index (κ2) is 8.64. The van der Waals surface area contributed by atoms with Crippen LogP contribution >= 0.6 is 0 Å². The molecule has 7 nitrogen and oxygen atoms in total. The van der Waals surface area contributed by atoms with E-state index in [1.54, 1.807) is 16.4 Å². The molecule has 0 amide bonds. The zero-order valence-corrected chi connectivity index (χ0v) is 18.9. The Bertz CT molecular complexity index is 1150. The Balaban J connectivity index is 1.46. The largest absolute Gasteiger partial charge is 0.354 e. The van der Waals surface area contributed by atoms with Crippen LogP contribution in [0.25, 0.3) is 0 Å². The lowest BCUT2D eigenvalue weighted by Gasteiger charge is -2.34. The standard InChI is InChI=1S/C23H27N5O2S/c1-17-4-8-20(9-5-17)25-23-24-19(3)16-22(26-23)27-12-14-28(15-13-27)31(29,30)21-10-6-18(2)7-11-21/h4-11,16H,12-15H2,1-3H3,(H,24,25,26). The quantitative estimate of drug-likeness (QED) is 0.656. The lowest BCUT2D eigenvalue weighted by atomic mass is 10.2. The molecule has 1 saturated heterocycles. The van der Waals surface area contributed by atoms with Crippen LogP contribution in [0.2, 0.25) is 0 Å². The summed E-state index contributed by atoms with van der Waals surface area (Å²) in [5.74, 6) is 1.34. The molecule has 1 aliphatic rings. The number of rotatable bonds is 5. The van der Waals surface area contributed by atoms with Crippen molar-refractivity contribution in [2.24, 2.45) is 0 Å². The van der Waals surface area contributed by atoms with Crippen molar-refractivity contribution < 1.29 is 8.42 Å². The minimum Gasteiger partial charge on any atom is -0.354 e. The summed E-state index contributed by atoms with van der Waals surface area (Å²) in [7, 11) is -3.48. The molecule has 0 bridgehead atoms. The maximum absolute atomic E-state index is 12.9. The minimum atomic E-state index is -3.48. The van der Waals surface area contributed by atoms with Gasteiger partial charge in [-0.3, -0.25) is 0 Å². The highest BCUT2D eigenvalue weighted by Crippen LogP contribution is 2.23. The molecule has 1 aromatic heterocycles. The van der Waals surface area contributed by atoms with Crippen LogP contribution in [0.1, 0.15) is 16.8 Å². The van der Waals surface area contributed by atoms with E-state index in [9.17, 15) is 8.42 Å². The van der Waals surface area contributed by atoms with Gasteiger partial charge in [0, 0.05) is 43.6 Å². The van der Waals surface area contributed by atoms with Crippen LogP contribution in [-0.2, 0) is 10.0 Å². The van der Waals surface area contributed by atoms with Gasteiger partial charge in [-0.25, -0.2) is 13.4 Å². The number of hydrogen-bond acceptors (Lipinski definition) is 6. The molecular formula is C23H27N5O2S. The first kappa shape index (κ1) is 21.3. The van der Waals surface area contributed by atoms with E-state index in [0.717, 1.165) is 22.8 Å². The molecular weight excluding hydrogens is 410 g/mol. The molecule has 1 N–H and O–H groups in total. The first-order chi connectivity index (χ1) is 14.8. The van der Waals surface area contributed by atoms with E-state index in [1.165, 1.54) is 5.56 Å². The third-order valence-electron chi connectivity index (χ3n) is 5.37. The second-order valence-electron chi connectivity index (χ2n) is 7.89. The van der Waals surface area contributed by atoms with E-state index in [-0.39, 0.29) is 0 Å². The summed E-state index contributed by atoms with van der Waals surface area (Å²) in [5, 5.41) is 3.26. The Morgan fingerprint density at radius 1 is 0.806 bits per heavy atom. The number of benzene rings is 2. The zero-order chi connectivity index (χ0) is 22.0. The molecule has 0 aliphatic carbocycles. The molecule has 8 heteroatoms. The summed E-state index contributed by atoms with van der Waals surface area (Å²) < 4.78 is 27.4. The van der Waals surface area contributed by atoms with Crippen molar-refractivity contribution in [2.45, 2.75) is 25.7 Å². The predicted molar refractivity (Wildman–Crippen MR) is 123 cm³/mol. The van der Waals surface area contributed by atoms with E-state index < -0.39 is 10.0 Å². The van der Waals surface area contributed by atoms with Crippen LogP contribution in [-0.4, -0.2) is 48.9 Å². The van der Waals surface area contributed by atoms with Gasteiger partial charge in [-0.1, -0.05) is 35.4 Å². The summed E-state index contributed by atoms with van der Waals surface area (Å²) >= 11 is 0. The van der Waals surface area contributed by atoms with E-state index in [2.05, 4.69) is 20.2 Å². The van der Waals surface area contributed by atoms with Crippen molar-refractivity contribution in [1.82, 2.24) is 14.3 Å². The van der Waals surface area contributed by atoms with Crippen LogP contribution in [0.3, 0.4) is 0 Å². The second-order valence-corrected chi connectivity index (χ2v) is 9.82. The molecule has 0 radical (unpaired) electrons. The molecule has 31 heavy (non-hydrogen) atoms. The van der Waals surface area contributed by atoms with Crippen LogP contribution in [0.4, 0.5) is 17.5 Å². The Kier molecular flexibility index (Phi) is 5.93. The first-order valence-corrected chi connectivity index (χ1v) is 11.8. The number of hydrogen-bond donors (Lipinski definition) is 1. The highest BCUT2D eigenvalue weighted by molar-refractivity contribution is 7.89. The molecule has 1 aliphatic heterocycles. The van der Waals surface area contributed by atoms with E-state index in [0.29, 0.717) is 37.0 Å². The SMILES string of the molecule is Cc1ccc(Nc2nc(C)cc(N3CCN(S(=O)(=O)c4ccc(C)cc4)CC3)n2)cc1. The summed E-state index contributed by atoms with van der Waals surface area (Å²) in [4.78, 5) is 11.6. The number of anilines is 3. The lowest BCUT2D eigenvalue weighted by Crippen LogP contribution is -2.49. The number of piperazine rings is 1. The van der Waals surface area contributed by atoms with Gasteiger partial charge >= 0.3 is 0 Å². The van der Waals surface area contributed by atoms with Crippen LogP contribution in [0, 0.1) is 20.8 Å². The molecule has 2 heterocycles. The lowest BCUT2D eigenvalue weighted by molar-refractivity contribution is 0.384. The molecule has 0 atom stereocenters. The topological polar surface area (TPSA) is 78.4 Å². The highest BCUT2D eigenvalue weighted by atomic mass is 32.2. The Hall–Kier alpha value is -2.97. The summed E-state index contributed by atoms with van der Waals surface area (Å²) in [6.07, 6.45) is 0. The fourth-order valence-corrected chi connectivity index (χ4v) is 4.97. The molecule has 0 unspecified atom stereocenters. The maximum atomic E-state index is 12.9. The first-order valence-electron chi connectivity index (χ1n) is 10.3. The average molecular weight is 438 g/mol. The average Bonchev–Trinajstić information content (AvgIpc) is 2.75. The molecule has 0 saturated carbocycles. The highest BCUT2D eigenvalue weighted by Gasteiger charge is 2.29. The van der Waals surface area contributed by atoms with Gasteiger partial charge in [-0.15, -0.1) is 0 Å². The number of aryl methyl sites for hydroxylation is 3. The van der Waals surface area contributed by atoms with Gasteiger partial charge in [0.05, 0.1) is 4.90 Å². The maximum Gasteiger partial charge on any atom is 0.243 e. The van der Waals surface area contributed by atoms with E-state index >= 15 is 0 Å². The zero-order valence-electron chi connectivity index (χ0n) is 18.0. The van der Waals surface area contributed by atoms with Gasteiger partial charge < -0.3 is 10.2 Å². The van der Waals surface area contributed by atoms with Crippen molar-refractivity contribution in [1.29, 1.82) is 0 Å². The van der Waals surface area contributed by atoms with Gasteiger partial charge in [0.2, 0.25) is 16.0 Å². The van der Waals surface area contributed by atoms with Gasteiger partial charge in [-0.2, -0.15) is 9.29 Å². The van der Waals surface area contributed by atoms with E-state index in [4.69, 9.17) is 0 Å². The van der Waals surface area contributed by atoms with Gasteiger partial charge in [0.1, 0.15) is 5.82 Å². The number of nitrogens with one attached hydrogen (secondary N) is 1. The van der Waals surface area contributed by atoms with Gasteiger partial charge in [-0.05, 0) is 45.0 Å². The fraction of sp³-hybridized carbons (Fsp3) is 0.304. The van der Waals surface area contributed by atoms with Gasteiger partial charge in [0.25, 0.3) is 0 Å². The van der Waals surface area contributed by atoms with Crippen molar-refractivity contribution in [3.05, 3.63) is 71.4 Å². The van der Waals surface area contributed by atoms with Gasteiger partial charge in [0.15, 0.2) is 0 Å². The van der Waals surface area contributed by atoms with Crippen molar-refractivity contribution in [2.75, 3.05) is 36.4 Å². The Labute approximate surface area is 183 Å². The fourth-order valence-electron chi connectivity index (χ4n) is 3.55. The minimum absolute atomic E-state index is 0.342. The van der Waals surface area contributed by atoms with Crippen molar-refractivity contribution in [3.63, 3.8) is 0 Å². The molecule has 0 spiro atoms. The van der Waals surface area contributed by atoms with Crippen molar-refractivity contribution >= 4 is 27.5 Å². The normalized spacial score (nSPS) is 15.1. The molecule has 4 rings (SSSR count). The summed E-state index contributed by atoms with van der Waals surface area (Å²) in [6, 6.07) is 17.0. The number of sulfonamides is 1. The van der Waals surface area contributed by atoms with Crippen molar-refractivity contribution in [3.8, 4) is 0 Å². The summed E-state index contributed by atoms with van der Waals surface area (Å²) in [5.41, 5.74) is 4.01. The smallest absolute Gasteiger partial charge is 0.243 e. The monoisotopic (exact) mass is 437 g/mol. The Morgan fingerprint density at radius 2 is 1.39 bits per heavy atom. The third-order valence-corrected chi connectivity index (χ3v) is 7.28. The molecule has 1 fully saturated rings. The molecule has 162 valence electrons.